The number of ether oxygens (including phenoxy) is 1. The van der Waals surface area contributed by atoms with Crippen LogP contribution in [0, 0.1) is 5.41 Å². The Morgan fingerprint density at radius 3 is 2.77 bits per heavy atom. The molecule has 2 unspecified atom stereocenters. The van der Waals surface area contributed by atoms with E-state index in [0.717, 1.165) is 44.3 Å². The van der Waals surface area contributed by atoms with Crippen LogP contribution >= 0.6 is 0 Å². The van der Waals surface area contributed by atoms with Gasteiger partial charge in [-0.05, 0) is 48.4 Å². The third-order valence-electron chi connectivity index (χ3n) is 6.39. The minimum absolute atomic E-state index is 0.0536. The Bertz CT molecular complexity index is 739. The second-order valence-electron chi connectivity index (χ2n) is 7.79. The molecule has 0 aromatic heterocycles. The second-order valence-corrected chi connectivity index (χ2v) is 7.79. The lowest BCUT2D eigenvalue weighted by atomic mass is 9.49. The maximum Gasteiger partial charge on any atom is 0.243 e. The fourth-order valence-electron chi connectivity index (χ4n) is 4.67. The molecule has 2 N–H and O–H groups in total. The van der Waals surface area contributed by atoms with E-state index in [9.17, 15) is 9.59 Å². The van der Waals surface area contributed by atoms with Gasteiger partial charge in [0.15, 0.2) is 0 Å². The Balaban J connectivity index is 1.35. The van der Waals surface area contributed by atoms with Crippen molar-refractivity contribution in [3.05, 3.63) is 47.5 Å². The molecule has 1 aliphatic heterocycles. The van der Waals surface area contributed by atoms with Crippen LogP contribution in [-0.4, -0.2) is 30.5 Å². The van der Waals surface area contributed by atoms with Crippen LogP contribution in [0.5, 0.6) is 0 Å². The highest BCUT2D eigenvalue weighted by molar-refractivity contribution is 5.87. The van der Waals surface area contributed by atoms with E-state index in [4.69, 9.17) is 4.74 Å². The number of amides is 2. The van der Waals surface area contributed by atoms with Crippen LogP contribution in [-0.2, 0) is 33.8 Å². The minimum Gasteiger partial charge on any atom is -0.376 e. The average Bonchev–Trinajstić information content (AvgIpc) is 2.58. The number of hydrogen-bond donors (Lipinski definition) is 2. The van der Waals surface area contributed by atoms with Gasteiger partial charge < -0.3 is 15.4 Å². The number of benzene rings is 1. The Morgan fingerprint density at radius 2 is 2.04 bits per heavy atom. The van der Waals surface area contributed by atoms with Crippen LogP contribution in [0.3, 0.4) is 0 Å². The van der Waals surface area contributed by atoms with E-state index in [1.807, 2.05) is 0 Å². The van der Waals surface area contributed by atoms with Gasteiger partial charge in [-0.15, -0.1) is 0 Å². The van der Waals surface area contributed by atoms with Gasteiger partial charge in [0.1, 0.15) is 0 Å². The Morgan fingerprint density at radius 1 is 1.23 bits per heavy atom. The smallest absolute Gasteiger partial charge is 0.243 e. The Kier molecular flexibility index (Phi) is 4.57. The first kappa shape index (κ1) is 17.3. The zero-order valence-electron chi connectivity index (χ0n) is 15.1. The summed E-state index contributed by atoms with van der Waals surface area (Å²) >= 11 is 0. The van der Waals surface area contributed by atoms with Crippen LogP contribution in [0.15, 0.2) is 30.9 Å². The molecule has 0 saturated heterocycles. The van der Waals surface area contributed by atoms with E-state index in [1.165, 1.54) is 17.2 Å². The summed E-state index contributed by atoms with van der Waals surface area (Å²) in [4.78, 5) is 24.2. The van der Waals surface area contributed by atoms with Gasteiger partial charge in [-0.25, -0.2) is 0 Å². The van der Waals surface area contributed by atoms with E-state index in [-0.39, 0.29) is 29.3 Å². The molecule has 1 heterocycles. The van der Waals surface area contributed by atoms with Crippen LogP contribution in [0.25, 0.3) is 0 Å². The van der Waals surface area contributed by atoms with Crippen molar-refractivity contribution in [2.24, 2.45) is 5.41 Å². The maximum absolute atomic E-state index is 12.6. The van der Waals surface area contributed by atoms with Crippen molar-refractivity contribution in [2.75, 3.05) is 6.61 Å². The molecule has 0 radical (unpaired) electrons. The van der Waals surface area contributed by atoms with E-state index >= 15 is 0 Å². The molecule has 1 aromatic carbocycles. The number of carbonyl (C=O) groups is 2. The molecule has 138 valence electrons. The molecule has 5 nitrogen and oxygen atoms in total. The summed E-state index contributed by atoms with van der Waals surface area (Å²) < 4.78 is 5.51. The highest BCUT2D eigenvalue weighted by Crippen LogP contribution is 2.56. The second kappa shape index (κ2) is 6.88. The largest absolute Gasteiger partial charge is 0.376 e. The molecule has 2 aliphatic carbocycles. The van der Waals surface area contributed by atoms with E-state index in [2.05, 4.69) is 35.4 Å². The summed E-state index contributed by atoms with van der Waals surface area (Å²) in [5, 5.41) is 6.24. The molecule has 26 heavy (non-hydrogen) atoms. The average molecular weight is 354 g/mol. The molecule has 4 rings (SSSR count). The minimum atomic E-state index is -0.123. The Labute approximate surface area is 154 Å². The van der Waals surface area contributed by atoms with Gasteiger partial charge in [0, 0.05) is 17.5 Å². The van der Waals surface area contributed by atoms with Crippen molar-refractivity contribution in [3.63, 3.8) is 0 Å². The third-order valence-corrected chi connectivity index (χ3v) is 6.39. The molecular formula is C21H26N2O3. The van der Waals surface area contributed by atoms with Crippen LogP contribution in [0.1, 0.15) is 42.4 Å². The number of nitrogens with one attached hydrogen (secondary N) is 2. The first-order valence-corrected chi connectivity index (χ1v) is 9.51. The topological polar surface area (TPSA) is 67.4 Å². The molecule has 2 atom stereocenters. The van der Waals surface area contributed by atoms with Crippen LogP contribution in [0.2, 0.25) is 0 Å². The molecule has 2 amide bonds. The molecule has 1 aromatic rings. The lowest BCUT2D eigenvalue weighted by molar-refractivity contribution is -0.131. The number of rotatable bonds is 5. The molecule has 2 saturated carbocycles. The molecule has 2 fully saturated rings. The van der Waals surface area contributed by atoms with Gasteiger partial charge in [-0.2, -0.15) is 0 Å². The maximum atomic E-state index is 12.6. The van der Waals surface area contributed by atoms with Gasteiger partial charge in [0.2, 0.25) is 11.8 Å². The summed E-state index contributed by atoms with van der Waals surface area (Å²) in [7, 11) is 0. The lowest BCUT2D eigenvalue weighted by Gasteiger charge is -2.61. The molecule has 1 spiro atoms. The van der Waals surface area contributed by atoms with E-state index < -0.39 is 0 Å². The summed E-state index contributed by atoms with van der Waals surface area (Å²) in [6.07, 6.45) is 6.76. The number of carbonyl (C=O) groups excluding carboxylic acids is 2. The molecule has 0 bridgehead atoms. The van der Waals surface area contributed by atoms with Gasteiger partial charge in [-0.3, -0.25) is 9.59 Å². The zero-order valence-corrected chi connectivity index (χ0v) is 15.1. The highest BCUT2D eigenvalue weighted by atomic mass is 16.5. The number of fused-ring (bicyclic) bond motifs is 1. The summed E-state index contributed by atoms with van der Waals surface area (Å²) in [6.45, 7) is 4.94. The quantitative estimate of drug-likeness (QED) is 0.795. The van der Waals surface area contributed by atoms with E-state index in [0.29, 0.717) is 13.0 Å². The molecule has 5 heteroatoms. The van der Waals surface area contributed by atoms with E-state index in [1.54, 1.807) is 0 Å². The molecular weight excluding hydrogens is 328 g/mol. The monoisotopic (exact) mass is 354 g/mol. The van der Waals surface area contributed by atoms with Crippen molar-refractivity contribution >= 4 is 11.8 Å². The fraction of sp³-hybridized carbons (Fsp3) is 0.524. The SMILES string of the molecule is C=CC(=O)NC1CC(NC(=O)Cc2ccc3c(c2)COCC3)C12CCC2. The third kappa shape index (κ3) is 3.05. The first-order valence-electron chi connectivity index (χ1n) is 9.51. The number of hydrogen-bond acceptors (Lipinski definition) is 3. The van der Waals surface area contributed by atoms with Gasteiger partial charge in [0.25, 0.3) is 0 Å². The fourth-order valence-corrected chi connectivity index (χ4v) is 4.67. The summed E-state index contributed by atoms with van der Waals surface area (Å²) in [5.41, 5.74) is 3.62. The highest BCUT2D eigenvalue weighted by Gasteiger charge is 2.58. The van der Waals surface area contributed by atoms with Crippen molar-refractivity contribution < 1.29 is 14.3 Å². The van der Waals surface area contributed by atoms with Crippen molar-refractivity contribution in [1.82, 2.24) is 10.6 Å². The van der Waals surface area contributed by atoms with Crippen molar-refractivity contribution in [2.45, 2.75) is 57.2 Å². The molecule has 3 aliphatic rings. The van der Waals surface area contributed by atoms with Gasteiger partial charge in [-0.1, -0.05) is 31.2 Å². The standard InChI is InChI=1S/C21H26N2O3/c1-2-19(24)22-17-12-18(21(17)7-3-8-21)23-20(25)11-14-4-5-15-6-9-26-13-16(15)10-14/h2,4-5,10,17-18H,1,3,6-9,11-13H2,(H,22,24)(H,23,25). The van der Waals surface area contributed by atoms with Crippen molar-refractivity contribution in [1.29, 1.82) is 0 Å². The van der Waals surface area contributed by atoms with Crippen LogP contribution in [0.4, 0.5) is 0 Å². The predicted octanol–water partition coefficient (Wildman–Crippen LogP) is 2.03. The normalized spacial score (nSPS) is 25.4. The Hall–Kier alpha value is -2.14. The first-order chi connectivity index (χ1) is 12.6. The van der Waals surface area contributed by atoms with Gasteiger partial charge in [0.05, 0.1) is 19.6 Å². The van der Waals surface area contributed by atoms with Gasteiger partial charge >= 0.3 is 0 Å². The summed E-state index contributed by atoms with van der Waals surface area (Å²) in [6, 6.07) is 6.60. The van der Waals surface area contributed by atoms with Crippen LogP contribution < -0.4 is 10.6 Å². The van der Waals surface area contributed by atoms with Crippen molar-refractivity contribution in [3.8, 4) is 0 Å². The zero-order chi connectivity index (χ0) is 18.1. The predicted molar refractivity (Wildman–Crippen MR) is 98.5 cm³/mol. The lowest BCUT2D eigenvalue weighted by Crippen LogP contribution is -2.71. The summed E-state index contributed by atoms with van der Waals surface area (Å²) in [5.74, 6) is -0.0613.